The SMILES string of the molecule is CCOC(CCN(CC)CC1CCC1)OCC. The van der Waals surface area contributed by atoms with Gasteiger partial charge in [-0.1, -0.05) is 13.3 Å². The number of nitrogens with zero attached hydrogens (tertiary/aromatic N) is 1. The van der Waals surface area contributed by atoms with Crippen molar-refractivity contribution in [2.45, 2.75) is 52.7 Å². The van der Waals surface area contributed by atoms with Crippen molar-refractivity contribution in [1.82, 2.24) is 4.90 Å². The van der Waals surface area contributed by atoms with Gasteiger partial charge in [-0.15, -0.1) is 0 Å². The van der Waals surface area contributed by atoms with E-state index in [1.165, 1.54) is 25.8 Å². The molecule has 0 unspecified atom stereocenters. The molecule has 102 valence electrons. The van der Waals surface area contributed by atoms with Crippen molar-refractivity contribution in [3.63, 3.8) is 0 Å². The topological polar surface area (TPSA) is 21.7 Å². The predicted molar refractivity (Wildman–Crippen MR) is 71.1 cm³/mol. The van der Waals surface area contributed by atoms with Crippen LogP contribution in [0.5, 0.6) is 0 Å². The highest BCUT2D eigenvalue weighted by Crippen LogP contribution is 2.27. The Hall–Kier alpha value is -0.120. The van der Waals surface area contributed by atoms with Crippen molar-refractivity contribution in [1.29, 1.82) is 0 Å². The third-order valence-electron chi connectivity index (χ3n) is 3.57. The molecule has 3 nitrogen and oxygen atoms in total. The molecule has 0 aromatic heterocycles. The van der Waals surface area contributed by atoms with Crippen LogP contribution in [0.3, 0.4) is 0 Å². The smallest absolute Gasteiger partial charge is 0.158 e. The fraction of sp³-hybridized carbons (Fsp3) is 1.00. The van der Waals surface area contributed by atoms with Crippen LogP contribution in [0.4, 0.5) is 0 Å². The zero-order valence-corrected chi connectivity index (χ0v) is 11.8. The minimum absolute atomic E-state index is 0.0135. The van der Waals surface area contributed by atoms with E-state index in [4.69, 9.17) is 9.47 Å². The molecule has 17 heavy (non-hydrogen) atoms. The van der Waals surface area contributed by atoms with Crippen LogP contribution in [0.15, 0.2) is 0 Å². The van der Waals surface area contributed by atoms with E-state index in [1.807, 2.05) is 13.8 Å². The summed E-state index contributed by atoms with van der Waals surface area (Å²) in [6.07, 6.45) is 5.26. The molecule has 0 atom stereocenters. The van der Waals surface area contributed by atoms with Gasteiger partial charge in [0, 0.05) is 32.7 Å². The molecule has 0 amide bonds. The van der Waals surface area contributed by atoms with E-state index in [9.17, 15) is 0 Å². The predicted octanol–water partition coefficient (Wildman–Crippen LogP) is 2.90. The molecule has 1 saturated carbocycles. The third kappa shape index (κ3) is 5.84. The van der Waals surface area contributed by atoms with E-state index in [1.54, 1.807) is 0 Å². The summed E-state index contributed by atoms with van der Waals surface area (Å²) in [7, 11) is 0. The Labute approximate surface area is 106 Å². The third-order valence-corrected chi connectivity index (χ3v) is 3.57. The quantitative estimate of drug-likeness (QED) is 0.551. The van der Waals surface area contributed by atoms with Gasteiger partial charge < -0.3 is 14.4 Å². The fourth-order valence-electron chi connectivity index (χ4n) is 2.29. The molecule has 0 aliphatic heterocycles. The zero-order chi connectivity index (χ0) is 12.5. The lowest BCUT2D eigenvalue weighted by Crippen LogP contribution is -2.35. The van der Waals surface area contributed by atoms with Gasteiger partial charge in [0.15, 0.2) is 6.29 Å². The number of ether oxygens (including phenoxy) is 2. The second-order valence-electron chi connectivity index (χ2n) is 4.82. The standard InChI is InChI=1S/C14H29NO2/c1-4-15(12-13-8-7-9-13)11-10-14(16-5-2)17-6-3/h13-14H,4-12H2,1-3H3. The first-order chi connectivity index (χ1) is 8.30. The highest BCUT2D eigenvalue weighted by atomic mass is 16.7. The second kappa shape index (κ2) is 8.90. The van der Waals surface area contributed by atoms with Crippen LogP contribution in [-0.2, 0) is 9.47 Å². The summed E-state index contributed by atoms with van der Waals surface area (Å²) in [4.78, 5) is 2.54. The van der Waals surface area contributed by atoms with Gasteiger partial charge in [0.25, 0.3) is 0 Å². The summed E-state index contributed by atoms with van der Waals surface area (Å²) >= 11 is 0. The minimum Gasteiger partial charge on any atom is -0.353 e. The maximum atomic E-state index is 5.57. The average Bonchev–Trinajstić information content (AvgIpc) is 2.27. The van der Waals surface area contributed by atoms with E-state index in [0.29, 0.717) is 0 Å². The Morgan fingerprint density at radius 2 is 1.76 bits per heavy atom. The molecule has 0 radical (unpaired) electrons. The van der Waals surface area contributed by atoms with Gasteiger partial charge in [0.05, 0.1) is 0 Å². The van der Waals surface area contributed by atoms with Crippen LogP contribution < -0.4 is 0 Å². The van der Waals surface area contributed by atoms with Crippen LogP contribution in [0.25, 0.3) is 0 Å². The molecule has 0 aromatic carbocycles. The van der Waals surface area contributed by atoms with Gasteiger partial charge in [0.1, 0.15) is 0 Å². The maximum absolute atomic E-state index is 5.57. The highest BCUT2D eigenvalue weighted by Gasteiger charge is 2.20. The largest absolute Gasteiger partial charge is 0.353 e. The fourth-order valence-corrected chi connectivity index (χ4v) is 2.29. The van der Waals surface area contributed by atoms with Crippen molar-refractivity contribution >= 4 is 0 Å². The van der Waals surface area contributed by atoms with Crippen LogP contribution in [-0.4, -0.2) is 44.0 Å². The van der Waals surface area contributed by atoms with Gasteiger partial charge in [-0.3, -0.25) is 0 Å². The molecule has 0 spiro atoms. The zero-order valence-electron chi connectivity index (χ0n) is 11.8. The van der Waals surface area contributed by atoms with Crippen molar-refractivity contribution in [3.8, 4) is 0 Å². The molecule has 1 aliphatic rings. The first-order valence-electron chi connectivity index (χ1n) is 7.25. The molecule has 0 heterocycles. The minimum atomic E-state index is -0.0135. The molecule has 0 N–H and O–H groups in total. The molecular weight excluding hydrogens is 214 g/mol. The number of rotatable bonds is 10. The first kappa shape index (κ1) is 14.9. The van der Waals surface area contributed by atoms with E-state index in [0.717, 1.165) is 38.6 Å². The normalized spacial score (nSPS) is 16.8. The Bertz CT molecular complexity index is 177. The molecule has 0 aromatic rings. The van der Waals surface area contributed by atoms with Crippen LogP contribution >= 0.6 is 0 Å². The monoisotopic (exact) mass is 243 g/mol. The lowest BCUT2D eigenvalue weighted by atomic mass is 9.85. The molecular formula is C14H29NO2. The van der Waals surface area contributed by atoms with Crippen molar-refractivity contribution in [2.24, 2.45) is 5.92 Å². The second-order valence-corrected chi connectivity index (χ2v) is 4.82. The number of hydrogen-bond donors (Lipinski definition) is 0. The van der Waals surface area contributed by atoms with Gasteiger partial charge in [0.2, 0.25) is 0 Å². The highest BCUT2D eigenvalue weighted by molar-refractivity contribution is 4.73. The van der Waals surface area contributed by atoms with E-state index in [2.05, 4.69) is 11.8 Å². The summed E-state index contributed by atoms with van der Waals surface area (Å²) in [5.41, 5.74) is 0. The van der Waals surface area contributed by atoms with E-state index in [-0.39, 0.29) is 6.29 Å². The lowest BCUT2D eigenvalue weighted by Gasteiger charge is -2.32. The van der Waals surface area contributed by atoms with Gasteiger partial charge in [-0.05, 0) is 39.2 Å². The molecule has 0 saturated heterocycles. The number of hydrogen-bond acceptors (Lipinski definition) is 3. The van der Waals surface area contributed by atoms with Crippen molar-refractivity contribution in [3.05, 3.63) is 0 Å². The van der Waals surface area contributed by atoms with E-state index >= 15 is 0 Å². The summed E-state index contributed by atoms with van der Waals surface area (Å²) in [5, 5.41) is 0. The summed E-state index contributed by atoms with van der Waals surface area (Å²) in [6.45, 7) is 11.3. The van der Waals surface area contributed by atoms with Gasteiger partial charge in [-0.25, -0.2) is 0 Å². The van der Waals surface area contributed by atoms with Crippen LogP contribution in [0.1, 0.15) is 46.5 Å². The molecule has 0 bridgehead atoms. The van der Waals surface area contributed by atoms with Crippen LogP contribution in [0.2, 0.25) is 0 Å². The maximum Gasteiger partial charge on any atom is 0.158 e. The molecule has 1 fully saturated rings. The summed E-state index contributed by atoms with van der Waals surface area (Å²) < 4.78 is 11.1. The first-order valence-corrected chi connectivity index (χ1v) is 7.25. The lowest BCUT2D eigenvalue weighted by molar-refractivity contribution is -0.141. The van der Waals surface area contributed by atoms with Crippen molar-refractivity contribution in [2.75, 3.05) is 32.8 Å². The Balaban J connectivity index is 2.18. The molecule has 3 heteroatoms. The molecule has 1 rings (SSSR count). The van der Waals surface area contributed by atoms with Gasteiger partial charge in [-0.2, -0.15) is 0 Å². The summed E-state index contributed by atoms with van der Waals surface area (Å²) in [6, 6.07) is 0. The van der Waals surface area contributed by atoms with Crippen molar-refractivity contribution < 1.29 is 9.47 Å². The summed E-state index contributed by atoms with van der Waals surface area (Å²) in [5.74, 6) is 0.951. The van der Waals surface area contributed by atoms with Crippen LogP contribution in [0, 0.1) is 5.92 Å². The Morgan fingerprint density at radius 3 is 2.18 bits per heavy atom. The van der Waals surface area contributed by atoms with Gasteiger partial charge >= 0.3 is 0 Å². The Kier molecular flexibility index (Phi) is 7.82. The average molecular weight is 243 g/mol. The molecule has 1 aliphatic carbocycles. The van der Waals surface area contributed by atoms with E-state index < -0.39 is 0 Å². The Morgan fingerprint density at radius 1 is 1.12 bits per heavy atom.